The van der Waals surface area contributed by atoms with Crippen molar-refractivity contribution in [1.82, 2.24) is 15.0 Å². The van der Waals surface area contributed by atoms with Crippen molar-refractivity contribution in [3.05, 3.63) is 36.5 Å². The van der Waals surface area contributed by atoms with E-state index < -0.39 is 15.6 Å². The molecule has 0 radical (unpaired) electrons. The summed E-state index contributed by atoms with van der Waals surface area (Å²) in [6.07, 6.45) is 3.74. The van der Waals surface area contributed by atoms with E-state index in [1.54, 1.807) is 12.1 Å². The first kappa shape index (κ1) is 20.6. The molecule has 1 aliphatic heterocycles. The number of piperidine rings is 1. The van der Waals surface area contributed by atoms with Gasteiger partial charge in [-0.15, -0.1) is 0 Å². The molecule has 1 fully saturated rings. The van der Waals surface area contributed by atoms with Gasteiger partial charge in [-0.25, -0.2) is 13.6 Å². The van der Waals surface area contributed by atoms with Crippen molar-refractivity contribution >= 4 is 38.5 Å². The molecule has 2 aromatic heterocycles. The van der Waals surface area contributed by atoms with Crippen molar-refractivity contribution in [3.8, 4) is 0 Å². The number of nitrogens with two attached hydrogens (primary N) is 1. The molecule has 1 saturated heterocycles. The number of fused-ring (bicyclic) bond motifs is 1. The molecule has 3 heterocycles. The lowest BCUT2D eigenvalue weighted by atomic mass is 9.84. The van der Waals surface area contributed by atoms with Crippen LogP contribution in [0.25, 0.3) is 11.0 Å². The Kier molecular flexibility index (Phi) is 5.16. The lowest BCUT2D eigenvalue weighted by molar-refractivity contribution is 0.0110. The van der Waals surface area contributed by atoms with Gasteiger partial charge in [-0.05, 0) is 51.0 Å². The fourth-order valence-corrected chi connectivity index (χ4v) is 4.41. The Morgan fingerprint density at radius 3 is 2.83 bits per heavy atom. The summed E-state index contributed by atoms with van der Waals surface area (Å²) in [5.41, 5.74) is 0.431. The number of H-pyrrole nitrogens is 1. The lowest BCUT2D eigenvalue weighted by Gasteiger charge is -2.39. The van der Waals surface area contributed by atoms with Crippen LogP contribution < -0.4 is 15.4 Å². The summed E-state index contributed by atoms with van der Waals surface area (Å²) in [4.78, 5) is 14.5. The number of sulfonamides is 1. The van der Waals surface area contributed by atoms with E-state index >= 15 is 0 Å². The van der Waals surface area contributed by atoms with Crippen LogP contribution >= 0.6 is 0 Å². The molecule has 0 spiro atoms. The SMILES string of the molecule is CC(C)(O)C1CCCN(c2nc(Nc3cccc(S(N)(=O)=O)c3)nc3[nH]ccc23)C1. The Hall–Kier alpha value is -2.69. The minimum Gasteiger partial charge on any atom is -0.390 e. The molecule has 1 aromatic carbocycles. The number of aromatic nitrogens is 3. The third-order valence-electron chi connectivity index (χ3n) is 5.53. The number of nitrogens with one attached hydrogen (secondary N) is 2. The second-order valence-corrected chi connectivity index (χ2v) is 9.81. The van der Waals surface area contributed by atoms with Gasteiger partial charge in [-0.2, -0.15) is 9.97 Å². The number of aromatic amines is 1. The van der Waals surface area contributed by atoms with E-state index in [2.05, 4.69) is 20.2 Å². The fourth-order valence-electron chi connectivity index (χ4n) is 3.85. The van der Waals surface area contributed by atoms with Crippen molar-refractivity contribution in [3.63, 3.8) is 0 Å². The summed E-state index contributed by atoms with van der Waals surface area (Å²) in [5.74, 6) is 1.26. The standard InChI is InChI=1S/C20H26N6O3S/c1-20(2,27)13-5-4-10-26(12-13)18-16-8-9-22-17(16)24-19(25-18)23-14-6-3-7-15(11-14)30(21,28)29/h3,6-9,11,13,27H,4-5,10,12H2,1-2H3,(H2,21,28,29)(H2,22,23,24,25). The summed E-state index contributed by atoms with van der Waals surface area (Å²) < 4.78 is 23.3. The molecule has 1 unspecified atom stereocenters. The molecule has 160 valence electrons. The maximum atomic E-state index is 11.6. The quantitative estimate of drug-likeness (QED) is 0.487. The fraction of sp³-hybridized carbons (Fsp3) is 0.400. The van der Waals surface area contributed by atoms with Crippen LogP contribution in [0.15, 0.2) is 41.4 Å². The second kappa shape index (κ2) is 7.53. The zero-order chi connectivity index (χ0) is 21.5. The zero-order valence-corrected chi connectivity index (χ0v) is 17.8. The summed E-state index contributed by atoms with van der Waals surface area (Å²) in [6, 6.07) is 8.15. The van der Waals surface area contributed by atoms with Gasteiger partial charge in [0, 0.05) is 30.9 Å². The van der Waals surface area contributed by atoms with E-state index in [0.717, 1.165) is 30.6 Å². The van der Waals surface area contributed by atoms with Gasteiger partial charge in [0.05, 0.1) is 15.9 Å². The van der Waals surface area contributed by atoms with E-state index in [0.29, 0.717) is 23.8 Å². The molecule has 10 heteroatoms. The van der Waals surface area contributed by atoms with Gasteiger partial charge < -0.3 is 20.3 Å². The van der Waals surface area contributed by atoms with Crippen molar-refractivity contribution in [2.24, 2.45) is 11.1 Å². The average Bonchev–Trinajstić information content (AvgIpc) is 3.15. The largest absolute Gasteiger partial charge is 0.390 e. The van der Waals surface area contributed by atoms with Crippen LogP contribution in [0.2, 0.25) is 0 Å². The number of aliphatic hydroxyl groups is 1. The average molecular weight is 431 g/mol. The zero-order valence-electron chi connectivity index (χ0n) is 17.0. The minimum absolute atomic E-state index is 0.0118. The number of hydrogen-bond acceptors (Lipinski definition) is 7. The number of anilines is 3. The smallest absolute Gasteiger partial charge is 0.238 e. The molecule has 0 aliphatic carbocycles. The van der Waals surface area contributed by atoms with Crippen LogP contribution in [-0.4, -0.2) is 47.2 Å². The molecule has 0 bridgehead atoms. The van der Waals surface area contributed by atoms with Crippen LogP contribution in [0.3, 0.4) is 0 Å². The molecular weight excluding hydrogens is 404 g/mol. The molecular formula is C20H26N6O3S. The third-order valence-corrected chi connectivity index (χ3v) is 6.45. The summed E-state index contributed by atoms with van der Waals surface area (Å²) in [6.45, 7) is 5.22. The Morgan fingerprint density at radius 2 is 2.10 bits per heavy atom. The van der Waals surface area contributed by atoms with Gasteiger partial charge in [-0.3, -0.25) is 0 Å². The monoisotopic (exact) mass is 430 g/mol. The predicted molar refractivity (Wildman–Crippen MR) is 116 cm³/mol. The Morgan fingerprint density at radius 1 is 1.30 bits per heavy atom. The van der Waals surface area contributed by atoms with Gasteiger partial charge in [0.25, 0.3) is 0 Å². The highest BCUT2D eigenvalue weighted by Gasteiger charge is 2.32. The number of hydrogen-bond donors (Lipinski definition) is 4. The topological polar surface area (TPSA) is 137 Å². The van der Waals surface area contributed by atoms with E-state index in [9.17, 15) is 13.5 Å². The highest BCUT2D eigenvalue weighted by molar-refractivity contribution is 7.89. The second-order valence-electron chi connectivity index (χ2n) is 8.25. The highest BCUT2D eigenvalue weighted by Crippen LogP contribution is 2.33. The van der Waals surface area contributed by atoms with Crippen molar-refractivity contribution in [2.45, 2.75) is 37.2 Å². The van der Waals surface area contributed by atoms with E-state index in [1.807, 2.05) is 26.1 Å². The molecule has 5 N–H and O–H groups in total. The van der Waals surface area contributed by atoms with E-state index in [4.69, 9.17) is 10.1 Å². The van der Waals surface area contributed by atoms with E-state index in [-0.39, 0.29) is 10.8 Å². The molecule has 30 heavy (non-hydrogen) atoms. The molecule has 1 aliphatic rings. The summed E-state index contributed by atoms with van der Waals surface area (Å²) in [7, 11) is -3.81. The lowest BCUT2D eigenvalue weighted by Crippen LogP contribution is -2.45. The first-order valence-electron chi connectivity index (χ1n) is 9.83. The molecule has 0 amide bonds. The van der Waals surface area contributed by atoms with Gasteiger partial charge >= 0.3 is 0 Å². The first-order valence-corrected chi connectivity index (χ1v) is 11.4. The van der Waals surface area contributed by atoms with Crippen molar-refractivity contribution in [2.75, 3.05) is 23.3 Å². The molecule has 9 nitrogen and oxygen atoms in total. The van der Waals surface area contributed by atoms with Crippen molar-refractivity contribution < 1.29 is 13.5 Å². The normalized spacial score (nSPS) is 18.0. The third kappa shape index (κ3) is 4.25. The number of rotatable bonds is 5. The van der Waals surface area contributed by atoms with Crippen molar-refractivity contribution in [1.29, 1.82) is 0 Å². The van der Waals surface area contributed by atoms with Crippen LogP contribution in [0.1, 0.15) is 26.7 Å². The number of benzene rings is 1. The van der Waals surface area contributed by atoms with Gasteiger partial charge in [-0.1, -0.05) is 6.07 Å². The first-order chi connectivity index (χ1) is 14.1. The van der Waals surface area contributed by atoms with Gasteiger partial charge in [0.15, 0.2) is 0 Å². The molecule has 0 saturated carbocycles. The predicted octanol–water partition coefficient (Wildman–Crippen LogP) is 2.34. The van der Waals surface area contributed by atoms with Gasteiger partial charge in [0.2, 0.25) is 16.0 Å². The summed E-state index contributed by atoms with van der Waals surface area (Å²) >= 11 is 0. The van der Waals surface area contributed by atoms with Crippen LogP contribution in [0.4, 0.5) is 17.5 Å². The van der Waals surface area contributed by atoms with Gasteiger partial charge in [0.1, 0.15) is 11.5 Å². The summed E-state index contributed by atoms with van der Waals surface area (Å²) in [5, 5.41) is 19.7. The minimum atomic E-state index is -3.81. The van der Waals surface area contributed by atoms with Crippen LogP contribution in [0, 0.1) is 5.92 Å². The molecule has 1 atom stereocenters. The van der Waals surface area contributed by atoms with Crippen LogP contribution in [-0.2, 0) is 10.0 Å². The highest BCUT2D eigenvalue weighted by atomic mass is 32.2. The maximum Gasteiger partial charge on any atom is 0.238 e. The Balaban J connectivity index is 1.69. The van der Waals surface area contributed by atoms with Crippen LogP contribution in [0.5, 0.6) is 0 Å². The van der Waals surface area contributed by atoms with E-state index in [1.165, 1.54) is 12.1 Å². The number of primary sulfonamides is 1. The Bertz CT molecular complexity index is 1170. The number of nitrogens with zero attached hydrogens (tertiary/aromatic N) is 3. The molecule has 3 aromatic rings. The maximum absolute atomic E-state index is 11.6. The Labute approximate surface area is 175 Å². The molecule has 4 rings (SSSR count).